The van der Waals surface area contributed by atoms with Crippen molar-refractivity contribution in [2.75, 3.05) is 31.2 Å². The summed E-state index contributed by atoms with van der Waals surface area (Å²) in [5.74, 6) is 0.549. The lowest BCUT2D eigenvalue weighted by Crippen LogP contribution is -2.58. The van der Waals surface area contributed by atoms with Crippen molar-refractivity contribution in [1.82, 2.24) is 4.98 Å². The highest BCUT2D eigenvalue weighted by Gasteiger charge is 2.41. The van der Waals surface area contributed by atoms with Crippen LogP contribution in [0.2, 0.25) is 0 Å². The maximum atomic E-state index is 12.6. The van der Waals surface area contributed by atoms with Gasteiger partial charge in [0.1, 0.15) is 11.4 Å². The summed E-state index contributed by atoms with van der Waals surface area (Å²) in [5.41, 5.74) is -1.10. The van der Waals surface area contributed by atoms with Gasteiger partial charge in [0.15, 0.2) is 0 Å². The largest absolute Gasteiger partial charge is 0.417 e. The molecule has 2 aliphatic rings. The number of halogens is 3. The highest BCUT2D eigenvalue weighted by Crippen LogP contribution is 2.33. The standard InChI is InChI=1S/C15H19F3N2O2/c1-11-8-20(9-14(22-11)5-2-6-21-10-14)13-4-3-12(7-19-13)15(16,17)18/h3-4,7,11H,2,5-6,8-10H2,1H3/t11-,14-/m0/s1. The number of pyridine rings is 1. The van der Waals surface area contributed by atoms with E-state index in [0.29, 0.717) is 25.5 Å². The minimum absolute atomic E-state index is 0.0143. The molecule has 0 bridgehead atoms. The van der Waals surface area contributed by atoms with Gasteiger partial charge in [0.05, 0.1) is 24.8 Å². The van der Waals surface area contributed by atoms with Gasteiger partial charge in [-0.05, 0) is 31.9 Å². The lowest BCUT2D eigenvalue weighted by Gasteiger charge is -2.47. The van der Waals surface area contributed by atoms with Crippen molar-refractivity contribution in [1.29, 1.82) is 0 Å². The molecule has 1 aromatic rings. The van der Waals surface area contributed by atoms with Crippen molar-refractivity contribution in [3.05, 3.63) is 23.9 Å². The number of alkyl halides is 3. The van der Waals surface area contributed by atoms with Crippen LogP contribution in [0.1, 0.15) is 25.3 Å². The number of nitrogens with zero attached hydrogens (tertiary/aromatic N) is 2. The molecule has 0 amide bonds. The molecular formula is C15H19F3N2O2. The van der Waals surface area contributed by atoms with Gasteiger partial charge >= 0.3 is 6.18 Å². The number of morpholine rings is 1. The normalized spacial score (nSPS) is 29.8. The molecule has 0 aromatic carbocycles. The second kappa shape index (κ2) is 5.70. The Balaban J connectivity index is 1.78. The van der Waals surface area contributed by atoms with Crippen LogP contribution in [0.25, 0.3) is 0 Å². The molecule has 1 aromatic heterocycles. The molecule has 0 N–H and O–H groups in total. The summed E-state index contributed by atoms with van der Waals surface area (Å²) in [7, 11) is 0. The maximum absolute atomic E-state index is 12.6. The molecule has 0 radical (unpaired) electrons. The van der Waals surface area contributed by atoms with Crippen molar-refractivity contribution >= 4 is 5.82 Å². The molecule has 3 heterocycles. The number of aromatic nitrogens is 1. The van der Waals surface area contributed by atoms with E-state index in [2.05, 4.69) is 4.98 Å². The zero-order chi connectivity index (χ0) is 15.8. The summed E-state index contributed by atoms with van der Waals surface area (Å²) >= 11 is 0. The molecule has 7 heteroatoms. The highest BCUT2D eigenvalue weighted by molar-refractivity contribution is 5.41. The number of hydrogen-bond acceptors (Lipinski definition) is 4. The van der Waals surface area contributed by atoms with Gasteiger partial charge in [-0.3, -0.25) is 0 Å². The summed E-state index contributed by atoms with van der Waals surface area (Å²) in [4.78, 5) is 5.98. The molecule has 2 atom stereocenters. The number of rotatable bonds is 1. The fraction of sp³-hybridized carbons (Fsp3) is 0.667. The fourth-order valence-corrected chi connectivity index (χ4v) is 3.18. The maximum Gasteiger partial charge on any atom is 0.417 e. The van der Waals surface area contributed by atoms with E-state index in [9.17, 15) is 13.2 Å². The van der Waals surface area contributed by atoms with Crippen LogP contribution in [0.15, 0.2) is 18.3 Å². The molecule has 3 rings (SSSR count). The van der Waals surface area contributed by atoms with Gasteiger partial charge in [0.2, 0.25) is 0 Å². The molecule has 2 aliphatic heterocycles. The monoisotopic (exact) mass is 316 g/mol. The van der Waals surface area contributed by atoms with Crippen LogP contribution in [0.5, 0.6) is 0 Å². The van der Waals surface area contributed by atoms with Crippen molar-refractivity contribution in [3.63, 3.8) is 0 Å². The SMILES string of the molecule is C[C@H]1CN(c2ccc(C(F)(F)F)cn2)C[C@]2(CCCOC2)O1. The van der Waals surface area contributed by atoms with Gasteiger partial charge in [0.25, 0.3) is 0 Å². The smallest absolute Gasteiger partial charge is 0.378 e. The van der Waals surface area contributed by atoms with Gasteiger partial charge in [-0.1, -0.05) is 0 Å². The predicted octanol–water partition coefficient (Wildman–Crippen LogP) is 2.87. The van der Waals surface area contributed by atoms with E-state index >= 15 is 0 Å². The first-order valence-electron chi connectivity index (χ1n) is 7.42. The first kappa shape index (κ1) is 15.6. The number of anilines is 1. The summed E-state index contributed by atoms with van der Waals surface area (Å²) < 4.78 is 49.5. The van der Waals surface area contributed by atoms with Crippen molar-refractivity contribution in [2.24, 2.45) is 0 Å². The van der Waals surface area contributed by atoms with Crippen LogP contribution in [0.4, 0.5) is 19.0 Å². The third-order valence-electron chi connectivity index (χ3n) is 4.09. The summed E-state index contributed by atoms with van der Waals surface area (Å²) in [5, 5.41) is 0. The van der Waals surface area contributed by atoms with E-state index in [1.165, 1.54) is 6.07 Å². The number of ether oxygens (including phenoxy) is 2. The Labute approximate surface area is 127 Å². The summed E-state index contributed by atoms with van der Waals surface area (Å²) in [6.07, 6.45) is -1.66. The van der Waals surface area contributed by atoms with Crippen molar-refractivity contribution < 1.29 is 22.6 Å². The lowest BCUT2D eigenvalue weighted by molar-refractivity contribution is -0.160. The molecule has 22 heavy (non-hydrogen) atoms. The zero-order valence-corrected chi connectivity index (χ0v) is 12.4. The van der Waals surface area contributed by atoms with E-state index in [1.54, 1.807) is 0 Å². The molecule has 4 nitrogen and oxygen atoms in total. The van der Waals surface area contributed by atoms with Gasteiger partial charge < -0.3 is 14.4 Å². The first-order chi connectivity index (χ1) is 10.4. The second-order valence-electron chi connectivity index (χ2n) is 6.05. The Morgan fingerprint density at radius 3 is 2.77 bits per heavy atom. The van der Waals surface area contributed by atoms with Crippen molar-refractivity contribution in [3.8, 4) is 0 Å². The van der Waals surface area contributed by atoms with Gasteiger partial charge in [-0.25, -0.2) is 4.98 Å². The lowest BCUT2D eigenvalue weighted by atomic mass is 9.93. The minimum Gasteiger partial charge on any atom is -0.378 e. The second-order valence-corrected chi connectivity index (χ2v) is 6.05. The van der Waals surface area contributed by atoms with Crippen LogP contribution in [0.3, 0.4) is 0 Å². The van der Waals surface area contributed by atoms with Crippen LogP contribution >= 0.6 is 0 Å². The average Bonchev–Trinajstić information content (AvgIpc) is 2.46. The molecule has 1 spiro atoms. The molecule has 122 valence electrons. The van der Waals surface area contributed by atoms with E-state index < -0.39 is 11.7 Å². The average molecular weight is 316 g/mol. The Morgan fingerprint density at radius 1 is 1.36 bits per heavy atom. The topological polar surface area (TPSA) is 34.6 Å². The van der Waals surface area contributed by atoms with Gasteiger partial charge in [0, 0.05) is 19.3 Å². The Hall–Kier alpha value is -1.34. The zero-order valence-electron chi connectivity index (χ0n) is 12.4. The van der Waals surface area contributed by atoms with E-state index in [4.69, 9.17) is 9.47 Å². The molecule has 2 fully saturated rings. The van der Waals surface area contributed by atoms with E-state index in [1.807, 2.05) is 11.8 Å². The van der Waals surface area contributed by atoms with E-state index in [0.717, 1.165) is 31.7 Å². The fourth-order valence-electron chi connectivity index (χ4n) is 3.18. The Morgan fingerprint density at radius 2 is 2.18 bits per heavy atom. The predicted molar refractivity (Wildman–Crippen MR) is 74.8 cm³/mol. The third kappa shape index (κ3) is 3.20. The van der Waals surface area contributed by atoms with Crippen LogP contribution in [-0.2, 0) is 15.7 Å². The third-order valence-corrected chi connectivity index (χ3v) is 4.09. The Kier molecular flexibility index (Phi) is 4.03. The van der Waals surface area contributed by atoms with Crippen LogP contribution in [0, 0.1) is 0 Å². The number of hydrogen-bond donors (Lipinski definition) is 0. The van der Waals surface area contributed by atoms with Crippen LogP contribution < -0.4 is 4.90 Å². The molecule has 0 unspecified atom stereocenters. The molecule has 0 saturated carbocycles. The molecule has 0 aliphatic carbocycles. The summed E-state index contributed by atoms with van der Waals surface area (Å²) in [6, 6.07) is 2.50. The van der Waals surface area contributed by atoms with Gasteiger partial charge in [-0.2, -0.15) is 13.2 Å². The highest BCUT2D eigenvalue weighted by atomic mass is 19.4. The minimum atomic E-state index is -4.36. The summed E-state index contributed by atoms with van der Waals surface area (Å²) in [6.45, 7) is 4.43. The van der Waals surface area contributed by atoms with Gasteiger partial charge in [-0.15, -0.1) is 0 Å². The molecule has 2 saturated heterocycles. The van der Waals surface area contributed by atoms with Crippen LogP contribution in [-0.4, -0.2) is 43.0 Å². The van der Waals surface area contributed by atoms with Crippen molar-refractivity contribution in [2.45, 2.75) is 37.6 Å². The molecular weight excluding hydrogens is 297 g/mol. The van der Waals surface area contributed by atoms with E-state index in [-0.39, 0.29) is 11.7 Å². The quantitative estimate of drug-likeness (QED) is 0.798. The Bertz CT molecular complexity index is 513. The first-order valence-corrected chi connectivity index (χ1v) is 7.42.